The Morgan fingerprint density at radius 2 is 1.93 bits per heavy atom. The van der Waals surface area contributed by atoms with Gasteiger partial charge in [0.1, 0.15) is 6.04 Å². The van der Waals surface area contributed by atoms with Gasteiger partial charge in [-0.25, -0.2) is 4.79 Å². The van der Waals surface area contributed by atoms with Crippen LogP contribution in [0.4, 0.5) is 18.0 Å². The van der Waals surface area contributed by atoms with E-state index in [1.165, 1.54) is 6.92 Å². The number of amides is 2. The maximum Gasteiger partial charge on any atom is 0.390 e. The second-order valence-electron chi connectivity index (χ2n) is 2.83. The number of carbonyl (C=O) groups is 2. The van der Waals surface area contributed by atoms with Crippen molar-refractivity contribution in [3.05, 3.63) is 0 Å². The number of carboxylic acid groups (broad SMARTS) is 1. The topological polar surface area (TPSA) is 78.4 Å². The Bertz CT molecular complexity index is 242. The van der Waals surface area contributed by atoms with Crippen LogP contribution in [-0.4, -0.2) is 35.9 Å². The largest absolute Gasteiger partial charge is 0.480 e. The number of alkyl halides is 3. The molecule has 8 heteroatoms. The van der Waals surface area contributed by atoms with Crippen LogP contribution >= 0.6 is 0 Å². The summed E-state index contributed by atoms with van der Waals surface area (Å²) in [5, 5.41) is 12.2. The second kappa shape index (κ2) is 5.42. The standard InChI is InChI=1S/C7H11F3N2O3/c1-4(5(13)14)12-6(15)11-3-2-7(8,9)10/h4H,2-3H2,1H3,(H,13,14)(H2,11,12,15)/t4-/m1/s1. The van der Waals surface area contributed by atoms with Crippen LogP contribution in [0.1, 0.15) is 13.3 Å². The van der Waals surface area contributed by atoms with Crippen molar-refractivity contribution in [3.8, 4) is 0 Å². The molecule has 1 atom stereocenters. The number of carbonyl (C=O) groups excluding carboxylic acids is 1. The molecule has 0 radical (unpaired) electrons. The molecule has 0 aromatic heterocycles. The number of aliphatic carboxylic acids is 1. The van der Waals surface area contributed by atoms with Crippen molar-refractivity contribution in [2.45, 2.75) is 25.6 Å². The van der Waals surface area contributed by atoms with Crippen LogP contribution in [0.25, 0.3) is 0 Å². The lowest BCUT2D eigenvalue weighted by Crippen LogP contribution is -2.45. The molecular formula is C7H11F3N2O3. The number of hydrogen-bond donors (Lipinski definition) is 3. The Morgan fingerprint density at radius 1 is 1.40 bits per heavy atom. The molecule has 3 N–H and O–H groups in total. The van der Waals surface area contributed by atoms with Gasteiger partial charge in [-0.2, -0.15) is 13.2 Å². The van der Waals surface area contributed by atoms with E-state index in [1.807, 2.05) is 10.6 Å². The predicted octanol–water partition coefficient (Wildman–Crippen LogP) is 0.711. The summed E-state index contributed by atoms with van der Waals surface area (Å²) in [4.78, 5) is 21.0. The van der Waals surface area contributed by atoms with Crippen LogP contribution in [0.2, 0.25) is 0 Å². The van der Waals surface area contributed by atoms with Crippen LogP contribution in [0.5, 0.6) is 0 Å². The first kappa shape index (κ1) is 13.5. The summed E-state index contributed by atoms with van der Waals surface area (Å²) in [6.07, 6.45) is -5.49. The van der Waals surface area contributed by atoms with E-state index in [1.54, 1.807) is 0 Å². The van der Waals surface area contributed by atoms with Crippen LogP contribution in [-0.2, 0) is 4.79 Å². The number of rotatable bonds is 4. The van der Waals surface area contributed by atoms with E-state index in [9.17, 15) is 22.8 Å². The van der Waals surface area contributed by atoms with Gasteiger partial charge in [-0.3, -0.25) is 4.79 Å². The molecule has 0 aromatic carbocycles. The highest BCUT2D eigenvalue weighted by molar-refractivity contribution is 5.82. The van der Waals surface area contributed by atoms with Gasteiger partial charge in [-0.1, -0.05) is 0 Å². The molecule has 0 fully saturated rings. The number of nitrogens with one attached hydrogen (secondary N) is 2. The van der Waals surface area contributed by atoms with Gasteiger partial charge >= 0.3 is 18.2 Å². The van der Waals surface area contributed by atoms with Crippen molar-refractivity contribution < 1.29 is 27.9 Å². The minimum absolute atomic E-state index is 0.582. The zero-order valence-corrected chi connectivity index (χ0v) is 7.89. The summed E-state index contributed by atoms with van der Waals surface area (Å²) in [6.45, 7) is 0.618. The molecule has 0 aromatic rings. The zero-order valence-electron chi connectivity index (χ0n) is 7.89. The van der Waals surface area contributed by atoms with Gasteiger partial charge in [0.2, 0.25) is 0 Å². The Hall–Kier alpha value is -1.47. The SMILES string of the molecule is C[C@@H](NC(=O)NCCC(F)(F)F)C(=O)O. The van der Waals surface area contributed by atoms with E-state index in [4.69, 9.17) is 5.11 Å². The Kier molecular flexibility index (Phi) is 4.89. The normalized spacial score (nSPS) is 13.1. The van der Waals surface area contributed by atoms with E-state index in [0.29, 0.717) is 0 Å². The predicted molar refractivity (Wildman–Crippen MR) is 44.3 cm³/mol. The highest BCUT2D eigenvalue weighted by Gasteiger charge is 2.26. The number of hydrogen-bond acceptors (Lipinski definition) is 2. The van der Waals surface area contributed by atoms with Crippen molar-refractivity contribution in [1.82, 2.24) is 10.6 Å². The van der Waals surface area contributed by atoms with Gasteiger partial charge in [0, 0.05) is 6.54 Å². The maximum absolute atomic E-state index is 11.6. The zero-order chi connectivity index (χ0) is 12.1. The lowest BCUT2D eigenvalue weighted by molar-refractivity contribution is -0.139. The summed E-state index contributed by atoms with van der Waals surface area (Å²) in [6, 6.07) is -2.08. The third-order valence-electron chi connectivity index (χ3n) is 1.41. The highest BCUT2D eigenvalue weighted by atomic mass is 19.4. The van der Waals surface area contributed by atoms with E-state index >= 15 is 0 Å². The van der Waals surface area contributed by atoms with Crippen molar-refractivity contribution in [2.24, 2.45) is 0 Å². The monoisotopic (exact) mass is 228 g/mol. The third kappa shape index (κ3) is 7.59. The molecule has 0 aliphatic heterocycles. The van der Waals surface area contributed by atoms with Crippen molar-refractivity contribution in [1.29, 1.82) is 0 Å². The fourth-order valence-electron chi connectivity index (χ4n) is 0.627. The second-order valence-corrected chi connectivity index (χ2v) is 2.83. The maximum atomic E-state index is 11.6. The summed E-state index contributed by atoms with van der Waals surface area (Å²) in [5.74, 6) is -1.26. The molecule has 0 aliphatic carbocycles. The lowest BCUT2D eigenvalue weighted by Gasteiger charge is -2.11. The minimum atomic E-state index is -4.34. The molecule has 0 spiro atoms. The average molecular weight is 228 g/mol. The fraction of sp³-hybridized carbons (Fsp3) is 0.714. The number of carboxylic acids is 1. The molecule has 0 saturated carbocycles. The minimum Gasteiger partial charge on any atom is -0.480 e. The molecule has 0 unspecified atom stereocenters. The van der Waals surface area contributed by atoms with E-state index in [2.05, 4.69) is 0 Å². The quantitative estimate of drug-likeness (QED) is 0.663. The molecule has 0 heterocycles. The van der Waals surface area contributed by atoms with Crippen molar-refractivity contribution in [3.63, 3.8) is 0 Å². The smallest absolute Gasteiger partial charge is 0.390 e. The average Bonchev–Trinajstić information content (AvgIpc) is 2.01. The number of halogens is 3. The van der Waals surface area contributed by atoms with E-state index in [-0.39, 0.29) is 0 Å². The summed E-state index contributed by atoms with van der Waals surface area (Å²) >= 11 is 0. The summed E-state index contributed by atoms with van der Waals surface area (Å²) < 4.78 is 34.9. The molecule has 0 bridgehead atoms. The molecule has 0 aliphatic rings. The molecular weight excluding hydrogens is 217 g/mol. The molecule has 0 saturated heterocycles. The van der Waals surface area contributed by atoms with Crippen molar-refractivity contribution >= 4 is 12.0 Å². The van der Waals surface area contributed by atoms with Gasteiger partial charge < -0.3 is 15.7 Å². The van der Waals surface area contributed by atoms with E-state index in [0.717, 1.165) is 0 Å². The lowest BCUT2D eigenvalue weighted by atomic mass is 10.3. The van der Waals surface area contributed by atoms with Crippen LogP contribution in [0.3, 0.4) is 0 Å². The van der Waals surface area contributed by atoms with Crippen molar-refractivity contribution in [2.75, 3.05) is 6.54 Å². The Morgan fingerprint density at radius 3 is 2.33 bits per heavy atom. The summed E-state index contributed by atoms with van der Waals surface area (Å²) in [5.41, 5.74) is 0. The molecule has 0 rings (SSSR count). The molecule has 2 amide bonds. The first-order valence-electron chi connectivity index (χ1n) is 4.06. The highest BCUT2D eigenvalue weighted by Crippen LogP contribution is 2.17. The molecule has 15 heavy (non-hydrogen) atoms. The van der Waals surface area contributed by atoms with Crippen LogP contribution in [0.15, 0.2) is 0 Å². The van der Waals surface area contributed by atoms with Gasteiger partial charge in [0.05, 0.1) is 6.42 Å². The molecule has 5 nitrogen and oxygen atoms in total. The third-order valence-corrected chi connectivity index (χ3v) is 1.41. The Labute approximate surface area is 83.6 Å². The number of urea groups is 1. The fourth-order valence-corrected chi connectivity index (χ4v) is 0.627. The van der Waals surface area contributed by atoms with Gasteiger partial charge in [0.15, 0.2) is 0 Å². The van der Waals surface area contributed by atoms with Gasteiger partial charge in [-0.05, 0) is 6.92 Å². The first-order chi connectivity index (χ1) is 6.72. The first-order valence-corrected chi connectivity index (χ1v) is 4.06. The van der Waals surface area contributed by atoms with E-state index < -0.39 is 37.2 Å². The van der Waals surface area contributed by atoms with Crippen LogP contribution in [0, 0.1) is 0 Å². The van der Waals surface area contributed by atoms with Gasteiger partial charge in [-0.15, -0.1) is 0 Å². The summed E-state index contributed by atoms with van der Waals surface area (Å²) in [7, 11) is 0. The van der Waals surface area contributed by atoms with Crippen LogP contribution < -0.4 is 10.6 Å². The molecule has 88 valence electrons. The Balaban J connectivity index is 3.72. The van der Waals surface area contributed by atoms with Gasteiger partial charge in [0.25, 0.3) is 0 Å².